The molecule has 0 saturated heterocycles. The van der Waals surface area contributed by atoms with Crippen molar-refractivity contribution >= 4 is 5.69 Å². The van der Waals surface area contributed by atoms with E-state index in [4.69, 9.17) is 11.0 Å². The number of benzene rings is 1. The second-order valence-electron chi connectivity index (χ2n) is 5.57. The standard InChI is InChI=1S/C17H16FN3/c18-14-7-13(6-11-2-1-3-11)17(20)16(9-14)12-4-5-21-15(8-12)10-19/h4-5,7-9,11H,1-3,6,20H2. The van der Waals surface area contributed by atoms with Gasteiger partial charge in [0.2, 0.25) is 0 Å². The first-order chi connectivity index (χ1) is 10.2. The van der Waals surface area contributed by atoms with E-state index in [0.717, 1.165) is 17.5 Å². The Bertz CT molecular complexity index is 714. The third kappa shape index (κ3) is 2.73. The predicted molar refractivity (Wildman–Crippen MR) is 79.8 cm³/mol. The molecular weight excluding hydrogens is 265 g/mol. The first kappa shape index (κ1) is 13.6. The van der Waals surface area contributed by atoms with Crippen LogP contribution in [-0.2, 0) is 6.42 Å². The third-order valence-electron chi connectivity index (χ3n) is 4.15. The lowest BCUT2D eigenvalue weighted by Gasteiger charge is -2.26. The largest absolute Gasteiger partial charge is 0.398 e. The molecule has 0 spiro atoms. The predicted octanol–water partition coefficient (Wildman–Crippen LogP) is 3.68. The van der Waals surface area contributed by atoms with Gasteiger partial charge in [0.1, 0.15) is 17.6 Å². The topological polar surface area (TPSA) is 62.7 Å². The molecule has 0 atom stereocenters. The van der Waals surface area contributed by atoms with Gasteiger partial charge in [0, 0.05) is 17.4 Å². The highest BCUT2D eigenvalue weighted by molar-refractivity contribution is 5.79. The van der Waals surface area contributed by atoms with E-state index >= 15 is 0 Å². The van der Waals surface area contributed by atoms with Crippen LogP contribution in [0.25, 0.3) is 11.1 Å². The third-order valence-corrected chi connectivity index (χ3v) is 4.15. The maximum absolute atomic E-state index is 13.9. The maximum atomic E-state index is 13.9. The van der Waals surface area contributed by atoms with Gasteiger partial charge < -0.3 is 5.73 Å². The summed E-state index contributed by atoms with van der Waals surface area (Å²) in [6, 6.07) is 8.33. The minimum Gasteiger partial charge on any atom is -0.398 e. The number of nitrogen functional groups attached to an aromatic ring is 1. The van der Waals surface area contributed by atoms with E-state index in [1.807, 2.05) is 6.07 Å². The first-order valence-corrected chi connectivity index (χ1v) is 7.12. The van der Waals surface area contributed by atoms with Crippen LogP contribution in [0.5, 0.6) is 0 Å². The van der Waals surface area contributed by atoms with Crippen LogP contribution in [-0.4, -0.2) is 4.98 Å². The summed E-state index contributed by atoms with van der Waals surface area (Å²) >= 11 is 0. The van der Waals surface area contributed by atoms with Gasteiger partial charge in [-0.1, -0.05) is 19.3 Å². The lowest BCUT2D eigenvalue weighted by molar-refractivity contribution is 0.314. The highest BCUT2D eigenvalue weighted by Crippen LogP contribution is 2.35. The number of hydrogen-bond donors (Lipinski definition) is 1. The summed E-state index contributed by atoms with van der Waals surface area (Å²) < 4.78 is 13.9. The number of aromatic nitrogens is 1. The van der Waals surface area contributed by atoms with Gasteiger partial charge >= 0.3 is 0 Å². The van der Waals surface area contributed by atoms with E-state index in [1.54, 1.807) is 18.3 Å². The monoisotopic (exact) mass is 281 g/mol. The van der Waals surface area contributed by atoms with E-state index in [0.29, 0.717) is 22.9 Å². The van der Waals surface area contributed by atoms with Gasteiger partial charge in [-0.15, -0.1) is 0 Å². The van der Waals surface area contributed by atoms with Gasteiger partial charge in [-0.05, 0) is 47.7 Å². The van der Waals surface area contributed by atoms with Gasteiger partial charge in [0.05, 0.1) is 0 Å². The van der Waals surface area contributed by atoms with E-state index in [2.05, 4.69) is 4.98 Å². The Morgan fingerprint density at radius 3 is 2.81 bits per heavy atom. The van der Waals surface area contributed by atoms with Crippen molar-refractivity contribution in [1.82, 2.24) is 4.98 Å². The molecule has 1 fully saturated rings. The minimum atomic E-state index is -0.288. The van der Waals surface area contributed by atoms with Crippen LogP contribution in [0.1, 0.15) is 30.5 Å². The van der Waals surface area contributed by atoms with Crippen molar-refractivity contribution in [2.75, 3.05) is 5.73 Å². The number of anilines is 1. The molecule has 21 heavy (non-hydrogen) atoms. The summed E-state index contributed by atoms with van der Waals surface area (Å²) in [6.07, 6.45) is 6.01. The molecule has 1 aromatic carbocycles. The van der Waals surface area contributed by atoms with Crippen LogP contribution in [0.2, 0.25) is 0 Å². The van der Waals surface area contributed by atoms with E-state index in [-0.39, 0.29) is 5.82 Å². The Balaban J connectivity index is 2.02. The zero-order valence-electron chi connectivity index (χ0n) is 11.6. The number of pyridine rings is 1. The molecule has 1 aromatic heterocycles. The van der Waals surface area contributed by atoms with Crippen LogP contribution in [0.3, 0.4) is 0 Å². The maximum Gasteiger partial charge on any atom is 0.141 e. The molecule has 3 rings (SSSR count). The normalized spacial score (nSPS) is 14.5. The van der Waals surface area contributed by atoms with Crippen molar-refractivity contribution in [2.24, 2.45) is 5.92 Å². The second kappa shape index (κ2) is 5.53. The Kier molecular flexibility index (Phi) is 3.57. The molecule has 106 valence electrons. The van der Waals surface area contributed by atoms with Gasteiger partial charge in [-0.3, -0.25) is 0 Å². The van der Waals surface area contributed by atoms with Crippen molar-refractivity contribution in [3.63, 3.8) is 0 Å². The Morgan fingerprint density at radius 1 is 1.33 bits per heavy atom. The second-order valence-corrected chi connectivity index (χ2v) is 5.57. The van der Waals surface area contributed by atoms with Crippen LogP contribution < -0.4 is 5.73 Å². The average Bonchev–Trinajstić information content (AvgIpc) is 2.46. The van der Waals surface area contributed by atoms with Crippen LogP contribution >= 0.6 is 0 Å². The molecule has 2 N–H and O–H groups in total. The Hall–Kier alpha value is -2.41. The summed E-state index contributed by atoms with van der Waals surface area (Å²) in [6.45, 7) is 0. The smallest absolute Gasteiger partial charge is 0.141 e. The van der Waals surface area contributed by atoms with Crippen molar-refractivity contribution < 1.29 is 4.39 Å². The fourth-order valence-electron chi connectivity index (χ4n) is 2.75. The lowest BCUT2D eigenvalue weighted by Crippen LogP contribution is -2.15. The summed E-state index contributed by atoms with van der Waals surface area (Å²) in [5.74, 6) is 0.331. The van der Waals surface area contributed by atoms with E-state index < -0.39 is 0 Å². The zero-order valence-corrected chi connectivity index (χ0v) is 11.6. The lowest BCUT2D eigenvalue weighted by atomic mass is 9.80. The zero-order chi connectivity index (χ0) is 14.8. The molecule has 2 aromatic rings. The number of nitriles is 1. The fraction of sp³-hybridized carbons (Fsp3) is 0.294. The summed E-state index contributed by atoms with van der Waals surface area (Å²) in [5.41, 5.74) is 9.38. The highest BCUT2D eigenvalue weighted by Gasteiger charge is 2.20. The quantitative estimate of drug-likeness (QED) is 0.873. The van der Waals surface area contributed by atoms with Crippen molar-refractivity contribution in [2.45, 2.75) is 25.7 Å². The average molecular weight is 281 g/mol. The van der Waals surface area contributed by atoms with Crippen molar-refractivity contribution in [1.29, 1.82) is 5.26 Å². The summed E-state index contributed by atoms with van der Waals surface area (Å²) in [4.78, 5) is 3.93. The minimum absolute atomic E-state index is 0.288. The number of halogens is 1. The molecule has 1 heterocycles. The van der Waals surface area contributed by atoms with Crippen LogP contribution in [0.4, 0.5) is 10.1 Å². The molecule has 1 aliphatic carbocycles. The number of rotatable bonds is 3. The molecular formula is C17H16FN3. The molecule has 0 amide bonds. The molecule has 0 aliphatic heterocycles. The highest BCUT2D eigenvalue weighted by atomic mass is 19.1. The van der Waals surface area contributed by atoms with Gasteiger partial charge in [-0.25, -0.2) is 9.37 Å². The summed E-state index contributed by atoms with van der Waals surface area (Å²) in [7, 11) is 0. The Morgan fingerprint density at radius 2 is 2.14 bits per heavy atom. The first-order valence-electron chi connectivity index (χ1n) is 7.12. The van der Waals surface area contributed by atoms with E-state index in [1.165, 1.54) is 31.4 Å². The molecule has 3 nitrogen and oxygen atoms in total. The Labute approximate surface area is 123 Å². The molecule has 1 aliphatic rings. The molecule has 1 saturated carbocycles. The molecule has 0 bridgehead atoms. The van der Waals surface area contributed by atoms with Crippen LogP contribution in [0.15, 0.2) is 30.5 Å². The van der Waals surface area contributed by atoms with E-state index in [9.17, 15) is 4.39 Å². The van der Waals surface area contributed by atoms with Gasteiger partial charge in [0.15, 0.2) is 0 Å². The van der Waals surface area contributed by atoms with Gasteiger partial charge in [0.25, 0.3) is 0 Å². The SMILES string of the molecule is N#Cc1cc(-c2cc(F)cc(CC3CCC3)c2N)ccn1. The molecule has 0 radical (unpaired) electrons. The van der Waals surface area contributed by atoms with Crippen LogP contribution in [0, 0.1) is 23.1 Å². The number of nitrogens with zero attached hydrogens (tertiary/aromatic N) is 2. The van der Waals surface area contributed by atoms with Crippen molar-refractivity contribution in [3.05, 3.63) is 47.5 Å². The molecule has 0 unspecified atom stereocenters. The van der Waals surface area contributed by atoms with Gasteiger partial charge in [-0.2, -0.15) is 5.26 Å². The number of hydrogen-bond acceptors (Lipinski definition) is 3. The van der Waals surface area contributed by atoms with Crippen molar-refractivity contribution in [3.8, 4) is 17.2 Å². The molecule has 4 heteroatoms. The number of nitrogens with two attached hydrogens (primary N) is 1. The fourth-order valence-corrected chi connectivity index (χ4v) is 2.75. The summed E-state index contributed by atoms with van der Waals surface area (Å²) in [5, 5.41) is 8.93.